The number of carboxylic acid groups (broad SMARTS) is 2. The first kappa shape index (κ1) is 63.2. The number of sulfonamides is 1. The topological polar surface area (TPSA) is 440 Å². The number of nitrogens with one attached hydrogen (secondary N) is 7. The van der Waals surface area contributed by atoms with Gasteiger partial charge in [-0.3, -0.25) is 38.8 Å². The van der Waals surface area contributed by atoms with E-state index in [9.17, 15) is 67.5 Å². The van der Waals surface area contributed by atoms with Crippen molar-refractivity contribution in [2.24, 2.45) is 5.14 Å². The van der Waals surface area contributed by atoms with Gasteiger partial charge in [-0.05, 0) is 80.3 Å². The van der Waals surface area contributed by atoms with Gasteiger partial charge in [-0.25, -0.2) is 18.4 Å². The molecule has 4 atom stereocenters. The first-order chi connectivity index (χ1) is 37.1. The first-order valence-electron chi connectivity index (χ1n) is 24.6. The van der Waals surface area contributed by atoms with Crippen LogP contribution in [0.1, 0.15) is 81.5 Å². The summed E-state index contributed by atoms with van der Waals surface area (Å²) in [5.41, 5.74) is 1.26. The minimum atomic E-state index is -4.06. The fourth-order valence-corrected chi connectivity index (χ4v) is 8.96. The number of carbonyl (C=O) groups excluding carboxylic acids is 5. The Balaban J connectivity index is 1.30. The van der Waals surface area contributed by atoms with Crippen molar-refractivity contribution in [3.63, 3.8) is 0 Å². The molecule has 0 saturated heterocycles. The molecule has 2 aromatic heterocycles. The van der Waals surface area contributed by atoms with Gasteiger partial charge in [0, 0.05) is 37.7 Å². The Hall–Kier alpha value is -7.36. The van der Waals surface area contributed by atoms with Crippen LogP contribution in [0.3, 0.4) is 0 Å². The summed E-state index contributed by atoms with van der Waals surface area (Å²) in [7, 11) is -2.58. The third-order valence-electron chi connectivity index (χ3n) is 11.8. The number of amides is 6. The molecule has 0 aliphatic rings. The van der Waals surface area contributed by atoms with Gasteiger partial charge in [-0.1, -0.05) is 47.7 Å². The number of aromatic nitrogens is 5. The van der Waals surface area contributed by atoms with E-state index in [0.717, 1.165) is 11.1 Å². The number of anilines is 1. The molecule has 29 nitrogen and oxygen atoms in total. The van der Waals surface area contributed by atoms with Gasteiger partial charge < -0.3 is 66.8 Å². The number of phenolic OH excluding ortho intramolecular Hbond substituents is 2. The van der Waals surface area contributed by atoms with E-state index in [1.807, 2.05) is 6.92 Å². The first-order valence-corrected chi connectivity index (χ1v) is 26.9. The second kappa shape index (κ2) is 31.8. The van der Waals surface area contributed by atoms with Crippen LogP contribution in [0.4, 0.5) is 9.93 Å². The van der Waals surface area contributed by atoms with Crippen LogP contribution in [0.15, 0.2) is 59.1 Å². The van der Waals surface area contributed by atoms with Crippen molar-refractivity contribution < 1.29 is 77.0 Å². The number of primary sulfonamides is 1. The zero-order chi connectivity index (χ0) is 57.3. The highest BCUT2D eigenvalue weighted by molar-refractivity contribution is 7.91. The third-order valence-corrected chi connectivity index (χ3v) is 14.0. The number of nitrogens with two attached hydrogens (primary N) is 1. The number of carbonyl (C=O) groups is 7. The number of benzene rings is 2. The van der Waals surface area contributed by atoms with E-state index < -0.39 is 92.5 Å². The zero-order valence-corrected chi connectivity index (χ0v) is 44.5. The number of aliphatic hydroxyl groups is 1. The normalized spacial score (nSPS) is 13.1. The minimum Gasteiger partial charge on any atom is -0.508 e. The average molecular weight is 1130 g/mol. The summed E-state index contributed by atoms with van der Waals surface area (Å²) >= 11 is 0.615. The number of rotatable bonds is 36. The largest absolute Gasteiger partial charge is 0.508 e. The van der Waals surface area contributed by atoms with Crippen molar-refractivity contribution in [2.45, 2.75) is 112 Å². The maximum Gasteiger partial charge on any atom is 0.326 e. The van der Waals surface area contributed by atoms with E-state index in [-0.39, 0.29) is 87.9 Å². The number of aromatic hydroxyl groups is 2. The van der Waals surface area contributed by atoms with Crippen LogP contribution >= 0.6 is 11.3 Å². The van der Waals surface area contributed by atoms with Gasteiger partial charge in [0.2, 0.25) is 41.1 Å². The molecule has 1 unspecified atom stereocenters. The second-order valence-electron chi connectivity index (χ2n) is 17.8. The summed E-state index contributed by atoms with van der Waals surface area (Å²) in [4.78, 5) is 88.2. The highest BCUT2D eigenvalue weighted by Gasteiger charge is 2.33. The quantitative estimate of drug-likeness (QED) is 0.0104. The predicted molar refractivity (Wildman–Crippen MR) is 280 cm³/mol. The maximum atomic E-state index is 13.4. The smallest absolute Gasteiger partial charge is 0.326 e. The average Bonchev–Trinajstić information content (AvgIpc) is 4.08. The molecule has 32 heteroatoms. The van der Waals surface area contributed by atoms with Gasteiger partial charge in [0.05, 0.1) is 45.0 Å². The monoisotopic (exact) mass is 1130 g/mol. The van der Waals surface area contributed by atoms with E-state index in [0.29, 0.717) is 49.3 Å². The number of phenols is 2. The molecule has 0 bridgehead atoms. The molecule has 14 N–H and O–H groups in total. The predicted octanol–water partition coefficient (Wildman–Crippen LogP) is -1.70. The van der Waals surface area contributed by atoms with Crippen LogP contribution in [-0.4, -0.2) is 173 Å². The van der Waals surface area contributed by atoms with Crippen LogP contribution in [-0.2, 0) is 66.6 Å². The Bertz CT molecular complexity index is 2670. The van der Waals surface area contributed by atoms with Crippen LogP contribution in [0.2, 0.25) is 0 Å². The summed E-state index contributed by atoms with van der Waals surface area (Å²) in [6.45, 7) is 3.18. The van der Waals surface area contributed by atoms with E-state index in [1.165, 1.54) is 32.2 Å². The molecular weight excluding hydrogens is 1070 g/mol. The summed E-state index contributed by atoms with van der Waals surface area (Å²) in [6, 6.07) is 7.65. The molecule has 4 aromatic rings. The number of aliphatic hydroxyl groups excluding tert-OH is 1. The number of nitrogens with zero attached hydrogens (tertiary/aromatic N) is 5. The van der Waals surface area contributed by atoms with E-state index in [2.05, 4.69) is 57.6 Å². The molecule has 0 radical (unpaired) electrons. The highest BCUT2D eigenvalue weighted by atomic mass is 32.2. The Morgan fingerprint density at radius 3 is 1.90 bits per heavy atom. The van der Waals surface area contributed by atoms with Gasteiger partial charge >= 0.3 is 18.0 Å². The Kier molecular flexibility index (Phi) is 25.7. The summed E-state index contributed by atoms with van der Waals surface area (Å²) < 4.78 is 34.8. The fraction of sp³-hybridized carbons (Fsp3) is 0.500. The summed E-state index contributed by atoms with van der Waals surface area (Å²) in [6.07, 6.45) is 0.317. The summed E-state index contributed by atoms with van der Waals surface area (Å²) in [5, 5.41) is 88.3. The van der Waals surface area contributed by atoms with Crippen molar-refractivity contribution in [3.05, 3.63) is 71.5 Å². The second-order valence-corrected chi connectivity index (χ2v) is 20.5. The number of hydrogen-bond donors (Lipinski definition) is 13. The molecule has 6 amide bonds. The molecule has 0 aliphatic carbocycles. The molecule has 4 rings (SSSR count). The maximum absolute atomic E-state index is 13.4. The summed E-state index contributed by atoms with van der Waals surface area (Å²) in [5.74, 6) is -6.17. The number of hydrogen-bond acceptors (Lipinski definition) is 20. The molecule has 0 fully saturated rings. The van der Waals surface area contributed by atoms with E-state index in [1.54, 1.807) is 35.1 Å². The van der Waals surface area contributed by atoms with Gasteiger partial charge in [0.1, 0.15) is 35.9 Å². The number of ether oxygens (including phenoxy) is 2. The Morgan fingerprint density at radius 2 is 1.33 bits per heavy atom. The Labute approximate surface area is 453 Å². The number of aryl methyl sites for hydroxylation is 2. The number of urea groups is 1. The van der Waals surface area contributed by atoms with Crippen molar-refractivity contribution in [1.82, 2.24) is 57.0 Å². The van der Waals surface area contributed by atoms with Gasteiger partial charge in [0.25, 0.3) is 10.0 Å². The molecular formula is C46H66BN13O16S2. The molecule has 426 valence electrons. The fourth-order valence-electron chi connectivity index (χ4n) is 7.61. The van der Waals surface area contributed by atoms with E-state index >= 15 is 0 Å². The van der Waals surface area contributed by atoms with Crippen LogP contribution in [0.25, 0.3) is 0 Å². The molecule has 0 spiro atoms. The van der Waals surface area contributed by atoms with Crippen molar-refractivity contribution in [1.29, 1.82) is 0 Å². The zero-order valence-electron chi connectivity index (χ0n) is 42.9. The molecule has 0 saturated carbocycles. The molecule has 78 heavy (non-hydrogen) atoms. The number of aliphatic carboxylic acids is 2. The highest BCUT2D eigenvalue weighted by Crippen LogP contribution is 2.38. The van der Waals surface area contributed by atoms with Crippen LogP contribution < -0.4 is 42.3 Å². The van der Waals surface area contributed by atoms with Crippen molar-refractivity contribution in [3.8, 4) is 11.5 Å². The standard InChI is InChI=1S/C46H66BN13O16S2/c1-46(28-8-12-31(61)13-9-28,29-10-14-32(62)15-11-29)17-16-37(64)52-34(41(68)69)25-39(66)53-35(42(70)71)26-38(65)51-33(40(67)49-18-21-75-23-24-76-22-19-50-43(72)55-47)6-2-3-20-60-27-30(56-59-60)5-4-7-36(63)54-44-57-58-45(77-44)78(48,73)74/h8-15,27,33-35,37,52,61-62,64H,2-7,16-26,47H2,1H3,(H,49,67)(H,51,65)(H,53,66)(H,68,69)(H,70,71)(H2,48,73,74)(H2,50,55,72)(H,54,57,63)/t33-,34-,35-,37?/m0/s1. The van der Waals surface area contributed by atoms with Crippen LogP contribution in [0.5, 0.6) is 11.5 Å². The lowest BCUT2D eigenvalue weighted by atomic mass is 9.73. The van der Waals surface area contributed by atoms with Crippen molar-refractivity contribution >= 4 is 76.1 Å². The molecule has 2 heterocycles. The van der Waals surface area contributed by atoms with Crippen LogP contribution in [0, 0.1) is 0 Å². The van der Waals surface area contributed by atoms with Crippen molar-refractivity contribution in [2.75, 3.05) is 44.8 Å². The lowest BCUT2D eigenvalue weighted by Crippen LogP contribution is -2.51. The minimum absolute atomic E-state index is 0.0198. The van der Waals surface area contributed by atoms with Gasteiger partial charge in [0.15, 0.2) is 0 Å². The number of carboxylic acids is 2. The SMILES string of the molecule is BNC(=O)NCCOCCOCCNC(=O)[C@H](CCCCn1cc(CCCC(=O)Nc2nnc(S(N)(=O)=O)s2)nn1)NC(=O)C[C@H](NC(=O)C[C@H](NC(O)CCC(C)(c1ccc(O)cc1)c1ccc(O)cc1)C(=O)O)C(=O)O. The lowest BCUT2D eigenvalue weighted by Gasteiger charge is -2.32. The number of unbranched alkanes of at least 4 members (excludes halogenated alkanes) is 1. The van der Waals surface area contributed by atoms with Gasteiger partial charge in [-0.15, -0.1) is 15.3 Å². The lowest BCUT2D eigenvalue weighted by molar-refractivity contribution is -0.145. The molecule has 0 aliphatic heterocycles. The third kappa shape index (κ3) is 22.3. The van der Waals surface area contributed by atoms with Gasteiger partial charge in [-0.2, -0.15) is 0 Å². The molecule has 2 aromatic carbocycles. The van der Waals surface area contributed by atoms with E-state index in [4.69, 9.17) is 14.6 Å². The Morgan fingerprint density at radius 1 is 0.756 bits per heavy atom.